The zero-order valence-electron chi connectivity index (χ0n) is 12.8. The first-order chi connectivity index (χ1) is 9.05. The lowest BCUT2D eigenvalue weighted by Crippen LogP contribution is -2.34. The van der Waals surface area contributed by atoms with E-state index in [1.807, 2.05) is 27.7 Å². The molecule has 116 valence electrons. The number of rotatable bonds is 6. The fourth-order valence-electron chi connectivity index (χ4n) is 1.99. The number of hydrogen-bond acceptors (Lipinski definition) is 4. The fraction of sp³-hybridized carbons (Fsp3) is 0.769. The van der Waals surface area contributed by atoms with Gasteiger partial charge in [0.2, 0.25) is 0 Å². The molecule has 20 heavy (non-hydrogen) atoms. The largest absolute Gasteiger partial charge is 0.392 e. The van der Waals surface area contributed by atoms with Crippen LogP contribution in [0.15, 0.2) is 11.2 Å². The van der Waals surface area contributed by atoms with Crippen molar-refractivity contribution in [1.82, 2.24) is 14.3 Å². The number of hydrogen-bond donors (Lipinski definition) is 2. The van der Waals surface area contributed by atoms with E-state index in [-0.39, 0.29) is 17.0 Å². The Morgan fingerprint density at radius 1 is 1.45 bits per heavy atom. The first-order valence-electron chi connectivity index (χ1n) is 6.76. The summed E-state index contributed by atoms with van der Waals surface area (Å²) >= 11 is 0. The average Bonchev–Trinajstić information content (AvgIpc) is 2.66. The lowest BCUT2D eigenvalue weighted by Gasteiger charge is -2.22. The number of imidazole rings is 1. The highest BCUT2D eigenvalue weighted by atomic mass is 32.2. The minimum absolute atomic E-state index is 0.000177. The number of aliphatic hydroxyl groups excluding tert-OH is 1. The summed E-state index contributed by atoms with van der Waals surface area (Å²) in [6, 6.07) is 0. The van der Waals surface area contributed by atoms with E-state index in [9.17, 15) is 13.5 Å². The molecule has 0 fully saturated rings. The van der Waals surface area contributed by atoms with Gasteiger partial charge in [0.15, 0.2) is 5.03 Å². The average molecular weight is 303 g/mol. The topological polar surface area (TPSA) is 84.2 Å². The summed E-state index contributed by atoms with van der Waals surface area (Å²) in [5.41, 5.74) is -0.0504. The Balaban J connectivity index is 2.70. The Morgan fingerprint density at radius 3 is 2.50 bits per heavy atom. The molecule has 1 aromatic heterocycles. The summed E-state index contributed by atoms with van der Waals surface area (Å²) in [4.78, 5) is 4.04. The van der Waals surface area contributed by atoms with Crippen molar-refractivity contribution in [1.29, 1.82) is 0 Å². The van der Waals surface area contributed by atoms with Crippen LogP contribution in [0, 0.1) is 12.3 Å². The molecule has 1 aromatic rings. The SMILES string of the molecule is CCn1cc(S(=O)(=O)NCC(O)CC(C)(C)C)nc1C. The Labute approximate surface area is 121 Å². The van der Waals surface area contributed by atoms with E-state index in [1.54, 1.807) is 11.5 Å². The Morgan fingerprint density at radius 2 is 2.05 bits per heavy atom. The summed E-state index contributed by atoms with van der Waals surface area (Å²) in [6.45, 7) is 10.3. The van der Waals surface area contributed by atoms with Crippen molar-refractivity contribution in [2.24, 2.45) is 5.41 Å². The van der Waals surface area contributed by atoms with Gasteiger partial charge in [-0.1, -0.05) is 20.8 Å². The molecule has 0 amide bonds. The van der Waals surface area contributed by atoms with E-state index in [0.29, 0.717) is 18.8 Å². The van der Waals surface area contributed by atoms with Gasteiger partial charge in [-0.3, -0.25) is 0 Å². The third-order valence-corrected chi connectivity index (χ3v) is 4.22. The highest BCUT2D eigenvalue weighted by molar-refractivity contribution is 7.89. The molecule has 1 atom stereocenters. The lowest BCUT2D eigenvalue weighted by molar-refractivity contribution is 0.125. The van der Waals surface area contributed by atoms with Gasteiger partial charge in [-0.2, -0.15) is 0 Å². The first kappa shape index (κ1) is 17.1. The van der Waals surface area contributed by atoms with Crippen LogP contribution < -0.4 is 4.72 Å². The van der Waals surface area contributed by atoms with Gasteiger partial charge in [0.05, 0.1) is 6.10 Å². The molecular formula is C13H25N3O3S. The number of aliphatic hydroxyl groups is 1. The van der Waals surface area contributed by atoms with Crippen molar-refractivity contribution in [3.05, 3.63) is 12.0 Å². The van der Waals surface area contributed by atoms with Crippen LogP contribution in [0.3, 0.4) is 0 Å². The molecule has 0 aromatic carbocycles. The first-order valence-corrected chi connectivity index (χ1v) is 8.25. The monoisotopic (exact) mass is 303 g/mol. The van der Waals surface area contributed by atoms with Crippen molar-refractivity contribution in [3.63, 3.8) is 0 Å². The number of aromatic nitrogens is 2. The molecule has 0 aliphatic carbocycles. The Kier molecular flexibility index (Phi) is 5.34. The number of nitrogens with one attached hydrogen (secondary N) is 1. The maximum Gasteiger partial charge on any atom is 0.259 e. The zero-order chi connectivity index (χ0) is 15.6. The van der Waals surface area contributed by atoms with Crippen molar-refractivity contribution in [3.8, 4) is 0 Å². The molecule has 1 heterocycles. The van der Waals surface area contributed by atoms with Crippen molar-refractivity contribution >= 4 is 10.0 Å². The molecule has 1 rings (SSSR count). The molecule has 2 N–H and O–H groups in total. The highest BCUT2D eigenvalue weighted by Gasteiger charge is 2.22. The third-order valence-electron chi connectivity index (χ3n) is 2.93. The standard InChI is InChI=1S/C13H25N3O3S/c1-6-16-9-12(15-10(16)2)20(18,19)14-8-11(17)7-13(3,4)5/h9,11,14,17H,6-8H2,1-5H3. The molecule has 0 spiro atoms. The normalized spacial score (nSPS) is 14.5. The minimum Gasteiger partial charge on any atom is -0.392 e. The van der Waals surface area contributed by atoms with E-state index in [0.717, 1.165) is 0 Å². The molecule has 0 bridgehead atoms. The summed E-state index contributed by atoms with van der Waals surface area (Å²) in [5, 5.41) is 9.85. The van der Waals surface area contributed by atoms with Crippen LogP contribution in [0.4, 0.5) is 0 Å². The van der Waals surface area contributed by atoms with E-state index >= 15 is 0 Å². The second kappa shape index (κ2) is 6.24. The maximum absolute atomic E-state index is 12.1. The van der Waals surface area contributed by atoms with E-state index < -0.39 is 16.1 Å². The van der Waals surface area contributed by atoms with E-state index in [2.05, 4.69) is 9.71 Å². The second-order valence-electron chi connectivity index (χ2n) is 6.18. The lowest BCUT2D eigenvalue weighted by atomic mass is 9.89. The van der Waals surface area contributed by atoms with Gasteiger partial charge >= 0.3 is 0 Å². The molecule has 0 aliphatic heterocycles. The second-order valence-corrected chi connectivity index (χ2v) is 7.90. The zero-order valence-corrected chi connectivity index (χ0v) is 13.7. The maximum atomic E-state index is 12.1. The summed E-state index contributed by atoms with van der Waals surface area (Å²) in [6.07, 6.45) is 1.32. The summed E-state index contributed by atoms with van der Waals surface area (Å²) in [7, 11) is -3.66. The summed E-state index contributed by atoms with van der Waals surface area (Å²) < 4.78 is 28.3. The fourth-order valence-corrected chi connectivity index (χ4v) is 3.07. The van der Waals surface area contributed by atoms with Gasteiger partial charge in [0.1, 0.15) is 5.82 Å². The van der Waals surface area contributed by atoms with Crippen LogP contribution in [0.25, 0.3) is 0 Å². The van der Waals surface area contributed by atoms with Crippen LogP contribution in [-0.2, 0) is 16.6 Å². The number of sulfonamides is 1. The van der Waals surface area contributed by atoms with Crippen LogP contribution in [-0.4, -0.2) is 35.7 Å². The molecule has 6 nitrogen and oxygen atoms in total. The molecule has 0 radical (unpaired) electrons. The third kappa shape index (κ3) is 4.88. The molecule has 1 unspecified atom stereocenters. The summed E-state index contributed by atoms with van der Waals surface area (Å²) in [5.74, 6) is 0.656. The quantitative estimate of drug-likeness (QED) is 0.829. The molecule has 7 heteroatoms. The van der Waals surface area contributed by atoms with Crippen LogP contribution >= 0.6 is 0 Å². The van der Waals surface area contributed by atoms with Gasteiger partial charge in [0, 0.05) is 19.3 Å². The van der Waals surface area contributed by atoms with E-state index in [1.165, 1.54) is 6.20 Å². The molecule has 0 saturated heterocycles. The predicted octanol–water partition coefficient (Wildman–Crippen LogP) is 1.29. The number of nitrogens with zero attached hydrogens (tertiary/aromatic N) is 2. The van der Waals surface area contributed by atoms with Crippen molar-refractivity contribution < 1.29 is 13.5 Å². The van der Waals surface area contributed by atoms with Gasteiger partial charge in [-0.15, -0.1) is 0 Å². The van der Waals surface area contributed by atoms with Crippen LogP contribution in [0.2, 0.25) is 0 Å². The van der Waals surface area contributed by atoms with Crippen molar-refractivity contribution in [2.45, 2.75) is 58.7 Å². The number of aryl methyl sites for hydroxylation is 2. The van der Waals surface area contributed by atoms with Crippen LogP contribution in [0.1, 0.15) is 39.9 Å². The molecule has 0 saturated carbocycles. The van der Waals surface area contributed by atoms with Gasteiger partial charge in [-0.25, -0.2) is 18.1 Å². The van der Waals surface area contributed by atoms with Gasteiger partial charge in [-0.05, 0) is 25.7 Å². The molecule has 0 aliphatic rings. The van der Waals surface area contributed by atoms with Crippen LogP contribution in [0.5, 0.6) is 0 Å². The van der Waals surface area contributed by atoms with Gasteiger partial charge < -0.3 is 9.67 Å². The van der Waals surface area contributed by atoms with Crippen molar-refractivity contribution in [2.75, 3.05) is 6.54 Å². The predicted molar refractivity (Wildman–Crippen MR) is 77.9 cm³/mol. The minimum atomic E-state index is -3.66. The smallest absolute Gasteiger partial charge is 0.259 e. The highest BCUT2D eigenvalue weighted by Crippen LogP contribution is 2.20. The molecular weight excluding hydrogens is 278 g/mol. The van der Waals surface area contributed by atoms with E-state index in [4.69, 9.17) is 0 Å². The Bertz CT molecular complexity index is 544. The Hall–Kier alpha value is -0.920. The van der Waals surface area contributed by atoms with Gasteiger partial charge in [0.25, 0.3) is 10.0 Å².